The lowest BCUT2D eigenvalue weighted by atomic mass is 9.96. The Morgan fingerprint density at radius 2 is 1.76 bits per heavy atom. The first-order chi connectivity index (χ1) is 11.3. The van der Waals surface area contributed by atoms with E-state index in [1.807, 2.05) is 6.20 Å². The van der Waals surface area contributed by atoms with Gasteiger partial charge >= 0.3 is 0 Å². The van der Waals surface area contributed by atoms with Gasteiger partial charge in [-0.25, -0.2) is 0 Å². The van der Waals surface area contributed by atoms with E-state index in [9.17, 15) is 0 Å². The van der Waals surface area contributed by atoms with Crippen molar-refractivity contribution in [3.8, 4) is 11.3 Å². The fourth-order valence-corrected chi connectivity index (χ4v) is 4.88. The summed E-state index contributed by atoms with van der Waals surface area (Å²) < 4.78 is 23.5. The van der Waals surface area contributed by atoms with Crippen LogP contribution in [0.5, 0.6) is 0 Å². The average Bonchev–Trinajstić information content (AvgIpc) is 3.05. The molecule has 0 N–H and O–H groups in total. The van der Waals surface area contributed by atoms with Gasteiger partial charge in [-0.05, 0) is 35.6 Å². The van der Waals surface area contributed by atoms with Crippen molar-refractivity contribution in [3.63, 3.8) is 0 Å². The second-order valence-corrected chi connectivity index (χ2v) is 12.1. The van der Waals surface area contributed by atoms with Gasteiger partial charge < -0.3 is 0 Å². The summed E-state index contributed by atoms with van der Waals surface area (Å²) in [5, 5.41) is 1.44. The zero-order chi connectivity index (χ0) is 17.5. The fraction of sp³-hybridized carbons (Fsp3) is 0.421. The summed E-state index contributed by atoms with van der Waals surface area (Å²) in [5.74, 6) is 0.620. The van der Waals surface area contributed by atoms with Crippen molar-refractivity contribution in [1.82, 2.24) is 4.98 Å². The van der Waals surface area contributed by atoms with E-state index in [-0.39, 0.29) is 18.1 Å². The van der Waals surface area contributed by atoms with Gasteiger partial charge in [0, 0.05) is 11.8 Å². The van der Waals surface area contributed by atoms with Crippen LogP contribution in [0, 0.1) is 0 Å². The molecule has 21 heavy (non-hydrogen) atoms. The molecule has 0 amide bonds. The molecule has 0 unspecified atom stereocenters. The largest absolute Gasteiger partial charge is 0.256 e. The van der Waals surface area contributed by atoms with Gasteiger partial charge in [-0.1, -0.05) is 62.7 Å². The third-order valence-electron chi connectivity index (χ3n) is 4.43. The number of nitrogens with zero attached hydrogens (tertiary/aromatic N) is 1. The maximum atomic E-state index is 7.88. The summed E-state index contributed by atoms with van der Waals surface area (Å²) >= 11 is 0. The second-order valence-electron chi connectivity index (χ2n) is 7.05. The Morgan fingerprint density at radius 3 is 2.38 bits per heavy atom. The first-order valence-corrected chi connectivity index (χ1v) is 11.4. The summed E-state index contributed by atoms with van der Waals surface area (Å²) in [6.07, 6.45) is 7.14. The minimum absolute atomic E-state index is 0.0199. The molecule has 2 aromatic rings. The van der Waals surface area contributed by atoms with Gasteiger partial charge in [-0.15, -0.1) is 0 Å². The van der Waals surface area contributed by atoms with Crippen LogP contribution in [-0.4, -0.2) is 13.1 Å². The lowest BCUT2D eigenvalue weighted by Gasteiger charge is -2.24. The predicted molar refractivity (Wildman–Crippen MR) is 93.9 cm³/mol. The highest BCUT2D eigenvalue weighted by Gasteiger charge is 2.27. The Kier molecular flexibility index (Phi) is 3.07. The molecule has 0 aliphatic heterocycles. The number of hydrogen-bond donors (Lipinski definition) is 0. The van der Waals surface area contributed by atoms with Gasteiger partial charge in [0.25, 0.3) is 0 Å². The van der Waals surface area contributed by atoms with Gasteiger partial charge in [-0.3, -0.25) is 4.98 Å². The van der Waals surface area contributed by atoms with E-state index in [2.05, 4.69) is 30.7 Å². The molecular weight excluding hydrogens is 270 g/mol. The van der Waals surface area contributed by atoms with Crippen molar-refractivity contribution < 1.29 is 4.11 Å². The van der Waals surface area contributed by atoms with E-state index < -0.39 is 8.07 Å². The van der Waals surface area contributed by atoms with Crippen molar-refractivity contribution in [2.45, 2.75) is 51.2 Å². The molecule has 1 aliphatic rings. The summed E-state index contributed by atoms with van der Waals surface area (Å²) in [5.41, 5.74) is 3.05. The molecule has 110 valence electrons. The average molecular weight is 299 g/mol. The number of aromatic nitrogens is 1. The molecule has 1 saturated carbocycles. The van der Waals surface area contributed by atoms with Crippen LogP contribution >= 0.6 is 0 Å². The van der Waals surface area contributed by atoms with E-state index in [0.29, 0.717) is 5.92 Å². The molecule has 1 fully saturated rings. The van der Waals surface area contributed by atoms with E-state index >= 15 is 0 Å². The molecule has 1 aliphatic carbocycles. The van der Waals surface area contributed by atoms with Crippen LogP contribution in [0.15, 0.2) is 42.5 Å². The molecule has 0 atom stereocenters. The van der Waals surface area contributed by atoms with Crippen molar-refractivity contribution in [2.75, 3.05) is 0 Å². The standard InChI is InChI=1S/C19H25NSi/c1-21(2,3)19-14-20-18(16-11-5-4-6-12-16)13-17(19)15-9-7-8-10-15/h4-6,11-15H,7-10H2,1-3H3/i4D,5D,6D. The Hall–Kier alpha value is -1.41. The van der Waals surface area contributed by atoms with E-state index in [1.165, 1.54) is 36.4 Å². The van der Waals surface area contributed by atoms with Crippen LogP contribution < -0.4 is 5.19 Å². The highest BCUT2D eigenvalue weighted by molar-refractivity contribution is 6.89. The Balaban J connectivity index is 2.12. The smallest absolute Gasteiger partial charge is 0.0799 e. The monoisotopic (exact) mass is 298 g/mol. The normalized spacial score (nSPS) is 18.3. The van der Waals surface area contributed by atoms with Crippen LogP contribution in [0.2, 0.25) is 19.6 Å². The molecule has 0 radical (unpaired) electrons. The number of pyridine rings is 1. The van der Waals surface area contributed by atoms with Gasteiger partial charge in [0.15, 0.2) is 0 Å². The molecule has 0 saturated heterocycles. The SMILES string of the molecule is [2H]c1cc(-c2cc(C3CCCC3)c([Si](C)(C)C)cn2)cc([2H])c1[2H]. The molecule has 0 bridgehead atoms. The zero-order valence-electron chi connectivity index (χ0n) is 16.2. The Labute approximate surface area is 133 Å². The molecule has 3 rings (SSSR count). The lowest BCUT2D eigenvalue weighted by molar-refractivity contribution is 0.726. The van der Waals surface area contributed by atoms with Gasteiger partial charge in [0.1, 0.15) is 0 Å². The zero-order valence-corrected chi connectivity index (χ0v) is 14.2. The second kappa shape index (κ2) is 5.76. The lowest BCUT2D eigenvalue weighted by Crippen LogP contribution is -2.41. The molecular formula is C19H25NSi. The van der Waals surface area contributed by atoms with E-state index in [4.69, 9.17) is 4.11 Å². The third-order valence-corrected chi connectivity index (χ3v) is 6.47. The van der Waals surface area contributed by atoms with Crippen LogP contribution in [0.4, 0.5) is 0 Å². The number of hydrogen-bond acceptors (Lipinski definition) is 1. The van der Waals surface area contributed by atoms with Crippen molar-refractivity contribution >= 4 is 13.3 Å². The van der Waals surface area contributed by atoms with Crippen LogP contribution in [0.1, 0.15) is 41.3 Å². The van der Waals surface area contributed by atoms with Crippen molar-refractivity contribution in [2.24, 2.45) is 0 Å². The maximum absolute atomic E-state index is 7.88. The van der Waals surface area contributed by atoms with Gasteiger partial charge in [0.2, 0.25) is 0 Å². The first-order valence-electron chi connectivity index (χ1n) is 9.36. The van der Waals surface area contributed by atoms with E-state index in [0.717, 1.165) is 11.3 Å². The fourth-order valence-electron chi connectivity index (χ4n) is 3.29. The molecule has 1 aromatic heterocycles. The van der Waals surface area contributed by atoms with E-state index in [1.54, 1.807) is 12.1 Å². The topological polar surface area (TPSA) is 12.9 Å². The first kappa shape index (κ1) is 11.2. The number of rotatable bonds is 3. The Bertz CT molecular complexity index is 739. The van der Waals surface area contributed by atoms with Crippen molar-refractivity contribution in [3.05, 3.63) is 48.1 Å². The minimum Gasteiger partial charge on any atom is -0.256 e. The Morgan fingerprint density at radius 1 is 1.10 bits per heavy atom. The van der Waals surface area contributed by atoms with Crippen LogP contribution in [0.3, 0.4) is 0 Å². The molecule has 1 heterocycles. The maximum Gasteiger partial charge on any atom is 0.0799 e. The highest BCUT2D eigenvalue weighted by Crippen LogP contribution is 2.35. The predicted octanol–water partition coefficient (Wildman–Crippen LogP) is 4.95. The van der Waals surface area contributed by atoms with Gasteiger partial charge in [0.05, 0.1) is 17.9 Å². The summed E-state index contributed by atoms with van der Waals surface area (Å²) in [7, 11) is -1.47. The summed E-state index contributed by atoms with van der Waals surface area (Å²) in [6.45, 7) is 7.09. The van der Waals surface area contributed by atoms with Crippen LogP contribution in [-0.2, 0) is 0 Å². The molecule has 2 heteroatoms. The van der Waals surface area contributed by atoms with Crippen LogP contribution in [0.25, 0.3) is 11.3 Å². The summed E-state index contributed by atoms with van der Waals surface area (Å²) in [6, 6.07) is 5.69. The molecule has 1 nitrogen and oxygen atoms in total. The quantitative estimate of drug-likeness (QED) is 0.730. The minimum atomic E-state index is -1.47. The molecule has 1 aromatic carbocycles. The van der Waals surface area contributed by atoms with Gasteiger partial charge in [-0.2, -0.15) is 0 Å². The van der Waals surface area contributed by atoms with Crippen molar-refractivity contribution in [1.29, 1.82) is 0 Å². The number of benzene rings is 1. The third kappa shape index (κ3) is 3.10. The highest BCUT2D eigenvalue weighted by atomic mass is 28.3. The summed E-state index contributed by atoms with van der Waals surface area (Å²) in [4.78, 5) is 4.67. The molecule has 0 spiro atoms.